The summed E-state index contributed by atoms with van der Waals surface area (Å²) < 4.78 is 1.75. The number of aromatic nitrogens is 6. The van der Waals surface area contributed by atoms with Gasteiger partial charge >= 0.3 is 0 Å². The van der Waals surface area contributed by atoms with Crippen molar-refractivity contribution in [3.05, 3.63) is 42.9 Å². The molecule has 0 saturated carbocycles. The molecule has 0 bridgehead atoms. The SMILES string of the molecule is O=C(Nc1cccc(-c2ccn[nH]2)c1)C1CCN(CCCn2cnnn2)CC1. The van der Waals surface area contributed by atoms with Gasteiger partial charge in [-0.15, -0.1) is 5.10 Å². The van der Waals surface area contributed by atoms with Gasteiger partial charge in [0.15, 0.2) is 0 Å². The van der Waals surface area contributed by atoms with Gasteiger partial charge in [-0.25, -0.2) is 4.68 Å². The highest BCUT2D eigenvalue weighted by molar-refractivity contribution is 5.93. The molecule has 0 aliphatic carbocycles. The molecular formula is C19H24N8O. The molecule has 1 amide bonds. The van der Waals surface area contributed by atoms with E-state index in [0.717, 1.165) is 62.4 Å². The van der Waals surface area contributed by atoms with Gasteiger partial charge in [0.1, 0.15) is 6.33 Å². The molecule has 9 nitrogen and oxygen atoms in total. The van der Waals surface area contributed by atoms with Gasteiger partial charge in [-0.1, -0.05) is 12.1 Å². The van der Waals surface area contributed by atoms with Crippen LogP contribution in [0.4, 0.5) is 5.69 Å². The molecule has 0 radical (unpaired) electrons. The van der Waals surface area contributed by atoms with Crippen molar-refractivity contribution in [2.45, 2.75) is 25.8 Å². The molecule has 2 aromatic heterocycles. The van der Waals surface area contributed by atoms with Crippen LogP contribution >= 0.6 is 0 Å². The Kier molecular flexibility index (Phi) is 5.72. The first-order valence-corrected chi connectivity index (χ1v) is 9.62. The first-order chi connectivity index (χ1) is 13.8. The highest BCUT2D eigenvalue weighted by Gasteiger charge is 2.24. The van der Waals surface area contributed by atoms with Gasteiger partial charge in [-0.3, -0.25) is 9.89 Å². The van der Waals surface area contributed by atoms with Crippen LogP contribution in [0.3, 0.4) is 0 Å². The number of benzene rings is 1. The van der Waals surface area contributed by atoms with Crippen LogP contribution in [-0.2, 0) is 11.3 Å². The summed E-state index contributed by atoms with van der Waals surface area (Å²) in [6, 6.07) is 9.75. The van der Waals surface area contributed by atoms with Gasteiger partial charge in [-0.2, -0.15) is 5.10 Å². The van der Waals surface area contributed by atoms with Crippen molar-refractivity contribution in [2.75, 3.05) is 25.0 Å². The van der Waals surface area contributed by atoms with E-state index in [9.17, 15) is 4.79 Å². The van der Waals surface area contributed by atoms with Gasteiger partial charge in [0.2, 0.25) is 5.91 Å². The second-order valence-electron chi connectivity index (χ2n) is 7.08. The van der Waals surface area contributed by atoms with Crippen molar-refractivity contribution in [2.24, 2.45) is 5.92 Å². The zero-order valence-electron chi connectivity index (χ0n) is 15.7. The Morgan fingerprint density at radius 3 is 2.86 bits per heavy atom. The number of nitrogens with one attached hydrogen (secondary N) is 2. The minimum Gasteiger partial charge on any atom is -0.326 e. The second kappa shape index (κ2) is 8.75. The lowest BCUT2D eigenvalue weighted by Gasteiger charge is -2.31. The van der Waals surface area contributed by atoms with Crippen molar-refractivity contribution in [3.63, 3.8) is 0 Å². The Balaban J connectivity index is 1.23. The molecule has 146 valence electrons. The van der Waals surface area contributed by atoms with Crippen LogP contribution in [0.2, 0.25) is 0 Å². The fourth-order valence-corrected chi connectivity index (χ4v) is 3.58. The van der Waals surface area contributed by atoms with E-state index in [0.29, 0.717) is 0 Å². The molecule has 3 aromatic rings. The number of aromatic amines is 1. The van der Waals surface area contributed by atoms with Gasteiger partial charge in [-0.05, 0) is 67.5 Å². The molecule has 1 aliphatic heterocycles. The molecule has 9 heteroatoms. The third-order valence-electron chi connectivity index (χ3n) is 5.15. The lowest BCUT2D eigenvalue weighted by Crippen LogP contribution is -2.38. The molecule has 0 unspecified atom stereocenters. The number of rotatable bonds is 7. The summed E-state index contributed by atoms with van der Waals surface area (Å²) in [4.78, 5) is 15.1. The van der Waals surface area contributed by atoms with Gasteiger partial charge in [0, 0.05) is 29.9 Å². The van der Waals surface area contributed by atoms with Crippen LogP contribution < -0.4 is 5.32 Å². The van der Waals surface area contributed by atoms with Crippen molar-refractivity contribution in [3.8, 4) is 11.3 Å². The molecule has 3 heterocycles. The second-order valence-corrected chi connectivity index (χ2v) is 7.08. The molecule has 2 N–H and O–H groups in total. The van der Waals surface area contributed by atoms with Gasteiger partial charge < -0.3 is 10.2 Å². The first kappa shape index (κ1) is 18.3. The molecule has 1 aliphatic rings. The number of likely N-dealkylation sites (tertiary alicyclic amines) is 1. The topological polar surface area (TPSA) is 105 Å². The number of aryl methyl sites for hydroxylation is 1. The number of carbonyl (C=O) groups excluding carboxylic acids is 1. The summed E-state index contributed by atoms with van der Waals surface area (Å²) in [6.07, 6.45) is 6.13. The standard InChI is InChI=1S/C19H24N8O/c28-19(22-17-4-1-3-16(13-17)18-5-8-20-23-18)15-6-11-26(12-7-15)9-2-10-27-14-21-24-25-27/h1,3-5,8,13-15H,2,6-7,9-12H2,(H,20,23)(H,22,28). The van der Waals surface area contributed by atoms with Gasteiger partial charge in [0.05, 0.1) is 5.69 Å². The van der Waals surface area contributed by atoms with Crippen LogP contribution in [0.25, 0.3) is 11.3 Å². The van der Waals surface area contributed by atoms with E-state index in [1.807, 2.05) is 30.3 Å². The number of H-pyrrole nitrogens is 1. The lowest BCUT2D eigenvalue weighted by molar-refractivity contribution is -0.121. The van der Waals surface area contributed by atoms with Crippen LogP contribution in [0.15, 0.2) is 42.9 Å². The van der Waals surface area contributed by atoms with E-state index < -0.39 is 0 Å². The van der Waals surface area contributed by atoms with E-state index in [1.54, 1.807) is 17.2 Å². The fraction of sp³-hybridized carbons (Fsp3) is 0.421. The first-order valence-electron chi connectivity index (χ1n) is 9.62. The Bertz CT molecular complexity index is 869. The number of nitrogens with zero attached hydrogens (tertiary/aromatic N) is 6. The predicted molar refractivity (Wildman–Crippen MR) is 104 cm³/mol. The Labute approximate surface area is 163 Å². The molecule has 1 aromatic carbocycles. The minimum atomic E-state index is 0.0616. The lowest BCUT2D eigenvalue weighted by atomic mass is 9.95. The highest BCUT2D eigenvalue weighted by atomic mass is 16.1. The van der Waals surface area contributed by atoms with Crippen molar-refractivity contribution < 1.29 is 4.79 Å². The summed E-state index contributed by atoms with van der Waals surface area (Å²) in [5.41, 5.74) is 2.76. The third-order valence-corrected chi connectivity index (χ3v) is 5.15. The molecule has 1 fully saturated rings. The Morgan fingerprint density at radius 1 is 1.21 bits per heavy atom. The number of hydrogen-bond acceptors (Lipinski definition) is 6. The molecular weight excluding hydrogens is 356 g/mol. The van der Waals surface area contributed by atoms with Crippen LogP contribution in [0.5, 0.6) is 0 Å². The third kappa shape index (κ3) is 4.61. The molecule has 1 saturated heterocycles. The Morgan fingerprint density at radius 2 is 2.11 bits per heavy atom. The fourth-order valence-electron chi connectivity index (χ4n) is 3.58. The average Bonchev–Trinajstić information content (AvgIpc) is 3.43. The van der Waals surface area contributed by atoms with E-state index in [-0.39, 0.29) is 11.8 Å². The number of hydrogen-bond donors (Lipinski definition) is 2. The smallest absolute Gasteiger partial charge is 0.227 e. The average molecular weight is 380 g/mol. The zero-order chi connectivity index (χ0) is 19.2. The van der Waals surface area contributed by atoms with Crippen LogP contribution in [-0.4, -0.2) is 60.8 Å². The van der Waals surface area contributed by atoms with E-state index in [4.69, 9.17) is 0 Å². The minimum absolute atomic E-state index is 0.0616. The largest absolute Gasteiger partial charge is 0.326 e. The van der Waals surface area contributed by atoms with Crippen molar-refractivity contribution >= 4 is 11.6 Å². The van der Waals surface area contributed by atoms with Crippen molar-refractivity contribution in [1.82, 2.24) is 35.3 Å². The summed E-state index contributed by atoms with van der Waals surface area (Å²) >= 11 is 0. The Hall–Kier alpha value is -3.07. The molecule has 0 spiro atoms. The highest BCUT2D eigenvalue weighted by Crippen LogP contribution is 2.23. The van der Waals surface area contributed by atoms with Crippen LogP contribution in [0, 0.1) is 5.92 Å². The number of amides is 1. The monoisotopic (exact) mass is 380 g/mol. The van der Waals surface area contributed by atoms with E-state index in [1.165, 1.54) is 0 Å². The van der Waals surface area contributed by atoms with Gasteiger partial charge in [0.25, 0.3) is 0 Å². The summed E-state index contributed by atoms with van der Waals surface area (Å²) in [5, 5.41) is 21.2. The normalized spacial score (nSPS) is 15.6. The van der Waals surface area contributed by atoms with E-state index in [2.05, 4.69) is 35.9 Å². The number of anilines is 1. The number of piperidine rings is 1. The molecule has 4 rings (SSSR count). The summed E-state index contributed by atoms with van der Waals surface area (Å²) in [6.45, 7) is 3.71. The maximum absolute atomic E-state index is 12.7. The predicted octanol–water partition coefficient (Wildman–Crippen LogP) is 1.80. The zero-order valence-corrected chi connectivity index (χ0v) is 15.7. The maximum atomic E-state index is 12.7. The summed E-state index contributed by atoms with van der Waals surface area (Å²) in [7, 11) is 0. The van der Waals surface area contributed by atoms with E-state index >= 15 is 0 Å². The number of tetrazole rings is 1. The maximum Gasteiger partial charge on any atom is 0.227 e. The van der Waals surface area contributed by atoms with Crippen molar-refractivity contribution in [1.29, 1.82) is 0 Å². The van der Waals surface area contributed by atoms with Crippen LogP contribution in [0.1, 0.15) is 19.3 Å². The number of carbonyl (C=O) groups is 1. The quantitative estimate of drug-likeness (QED) is 0.648. The molecule has 0 atom stereocenters. The summed E-state index contributed by atoms with van der Waals surface area (Å²) in [5.74, 6) is 0.168. The molecule has 28 heavy (non-hydrogen) atoms.